The molecule has 5 nitrogen and oxygen atoms in total. The number of carbonyl (C=O) groups is 1. The van der Waals surface area contributed by atoms with Crippen molar-refractivity contribution in [3.8, 4) is 11.5 Å². The molecule has 0 aliphatic carbocycles. The maximum absolute atomic E-state index is 15.2. The van der Waals surface area contributed by atoms with Crippen LogP contribution in [-0.2, 0) is 5.67 Å². The summed E-state index contributed by atoms with van der Waals surface area (Å²) in [6, 6.07) is 11.0. The average Bonchev–Trinajstić information content (AvgIpc) is 3.36. The predicted molar refractivity (Wildman–Crippen MR) is 87.4 cm³/mol. The molecule has 1 fully saturated rings. The maximum atomic E-state index is 15.2. The van der Waals surface area contributed by atoms with Gasteiger partial charge in [0, 0.05) is 23.9 Å². The molecule has 0 radical (unpaired) electrons. The summed E-state index contributed by atoms with van der Waals surface area (Å²) in [5.74, 6) is 0.120. The van der Waals surface area contributed by atoms with Crippen LogP contribution in [0.15, 0.2) is 51.7 Å². The first-order valence-corrected chi connectivity index (χ1v) is 8.50. The Morgan fingerprint density at radius 1 is 1.29 bits per heavy atom. The van der Waals surface area contributed by atoms with Crippen molar-refractivity contribution in [3.63, 3.8) is 0 Å². The van der Waals surface area contributed by atoms with Crippen molar-refractivity contribution >= 4 is 17.2 Å². The van der Waals surface area contributed by atoms with Crippen LogP contribution in [0.2, 0.25) is 0 Å². The molecule has 1 aliphatic rings. The number of halogens is 1. The van der Waals surface area contributed by atoms with E-state index in [0.717, 1.165) is 5.56 Å². The van der Waals surface area contributed by atoms with E-state index in [1.807, 2.05) is 35.7 Å². The number of hydrogen-bond acceptors (Lipinski definition) is 5. The summed E-state index contributed by atoms with van der Waals surface area (Å²) in [6.07, 6.45) is 0.163. The number of hydrogen-bond donors (Lipinski definition) is 0. The number of thiophene rings is 1. The Hall–Kier alpha value is -2.54. The first kappa shape index (κ1) is 15.0. The molecule has 3 heterocycles. The number of benzene rings is 1. The topological polar surface area (TPSA) is 59.2 Å². The number of alkyl halides is 1. The zero-order valence-electron chi connectivity index (χ0n) is 12.7. The smallest absolute Gasteiger partial charge is 0.258 e. The van der Waals surface area contributed by atoms with Crippen molar-refractivity contribution in [1.82, 2.24) is 15.0 Å². The highest BCUT2D eigenvalue weighted by atomic mass is 32.1. The quantitative estimate of drug-likeness (QED) is 0.730. The van der Waals surface area contributed by atoms with Crippen molar-refractivity contribution in [2.75, 3.05) is 13.1 Å². The molecule has 4 rings (SSSR count). The van der Waals surface area contributed by atoms with Gasteiger partial charge in [-0.3, -0.25) is 4.79 Å². The van der Waals surface area contributed by atoms with Crippen molar-refractivity contribution in [1.29, 1.82) is 0 Å². The first-order valence-electron chi connectivity index (χ1n) is 7.56. The minimum absolute atomic E-state index is 0.00183. The molecule has 1 amide bonds. The number of likely N-dealkylation sites (tertiary alicyclic amines) is 1. The lowest BCUT2D eigenvalue weighted by atomic mass is 10.1. The van der Waals surface area contributed by atoms with E-state index in [9.17, 15) is 4.79 Å². The fourth-order valence-electron chi connectivity index (χ4n) is 2.80. The van der Waals surface area contributed by atoms with Gasteiger partial charge in [-0.25, -0.2) is 4.39 Å². The zero-order valence-corrected chi connectivity index (χ0v) is 13.5. The van der Waals surface area contributed by atoms with Crippen LogP contribution in [0.3, 0.4) is 0 Å². The first-order chi connectivity index (χ1) is 11.7. The SMILES string of the molecule is O=C(c1ccsc1)N1CCC(F)(c2noc(-c3ccccc3)n2)C1. The molecule has 0 bridgehead atoms. The maximum Gasteiger partial charge on any atom is 0.258 e. The lowest BCUT2D eigenvalue weighted by molar-refractivity contribution is 0.0743. The number of amides is 1. The van der Waals surface area contributed by atoms with Crippen LogP contribution in [0, 0.1) is 0 Å². The standard InChI is InChI=1S/C17H14FN3O2S/c18-17(7-8-21(11-17)15(22)13-6-9-24-10-13)16-19-14(23-20-16)12-4-2-1-3-5-12/h1-6,9-10H,7-8,11H2. The van der Waals surface area contributed by atoms with E-state index in [1.165, 1.54) is 16.2 Å². The highest BCUT2D eigenvalue weighted by Gasteiger charge is 2.45. The van der Waals surface area contributed by atoms with Gasteiger partial charge in [-0.2, -0.15) is 16.3 Å². The van der Waals surface area contributed by atoms with Crippen LogP contribution in [0.5, 0.6) is 0 Å². The van der Waals surface area contributed by atoms with Gasteiger partial charge in [0.2, 0.25) is 5.82 Å². The Labute approximate surface area is 141 Å². The number of aromatic nitrogens is 2. The summed E-state index contributed by atoms with van der Waals surface area (Å²) < 4.78 is 20.4. The van der Waals surface area contributed by atoms with Crippen LogP contribution in [0.25, 0.3) is 11.5 Å². The highest BCUT2D eigenvalue weighted by molar-refractivity contribution is 7.08. The molecular weight excluding hydrogens is 329 g/mol. The molecule has 0 N–H and O–H groups in total. The minimum atomic E-state index is -1.78. The highest BCUT2D eigenvalue weighted by Crippen LogP contribution is 2.36. The molecule has 1 aromatic carbocycles. The molecule has 2 aromatic heterocycles. The summed E-state index contributed by atoms with van der Waals surface area (Å²) in [7, 11) is 0. The van der Waals surface area contributed by atoms with Crippen LogP contribution in [0.4, 0.5) is 4.39 Å². The second-order valence-electron chi connectivity index (χ2n) is 5.74. The molecule has 1 aliphatic heterocycles. The Kier molecular flexibility index (Phi) is 3.65. The number of rotatable bonds is 3. The molecule has 122 valence electrons. The molecule has 0 spiro atoms. The van der Waals surface area contributed by atoms with Gasteiger partial charge < -0.3 is 9.42 Å². The number of carbonyl (C=O) groups excluding carboxylic acids is 1. The van der Waals surface area contributed by atoms with E-state index >= 15 is 4.39 Å². The molecule has 1 atom stereocenters. The van der Waals surface area contributed by atoms with E-state index in [2.05, 4.69) is 10.1 Å². The third kappa shape index (κ3) is 2.60. The Balaban J connectivity index is 1.55. The van der Waals surface area contributed by atoms with Crippen molar-refractivity contribution in [3.05, 3.63) is 58.5 Å². The lowest BCUT2D eigenvalue weighted by Crippen LogP contribution is -2.32. The molecule has 1 saturated heterocycles. The Bertz CT molecular complexity index is 850. The summed E-state index contributed by atoms with van der Waals surface area (Å²) in [4.78, 5) is 18.1. The lowest BCUT2D eigenvalue weighted by Gasteiger charge is -2.17. The third-order valence-corrected chi connectivity index (χ3v) is 4.81. The van der Waals surface area contributed by atoms with Crippen LogP contribution in [0.1, 0.15) is 22.6 Å². The summed E-state index contributed by atoms with van der Waals surface area (Å²) in [6.45, 7) is 0.274. The molecular formula is C17H14FN3O2S. The largest absolute Gasteiger partial charge is 0.335 e. The average molecular weight is 343 g/mol. The van der Waals surface area contributed by atoms with E-state index in [0.29, 0.717) is 12.1 Å². The molecule has 3 aromatic rings. The predicted octanol–water partition coefficient (Wildman–Crippen LogP) is 3.51. The van der Waals surface area contributed by atoms with Crippen LogP contribution >= 0.6 is 11.3 Å². The van der Waals surface area contributed by atoms with Crippen molar-refractivity contribution in [2.45, 2.75) is 12.1 Å². The molecule has 7 heteroatoms. The monoisotopic (exact) mass is 343 g/mol. The second-order valence-corrected chi connectivity index (χ2v) is 6.52. The Morgan fingerprint density at radius 3 is 2.88 bits per heavy atom. The van der Waals surface area contributed by atoms with Gasteiger partial charge in [0.1, 0.15) is 0 Å². The number of nitrogens with zero attached hydrogens (tertiary/aromatic N) is 3. The van der Waals surface area contributed by atoms with E-state index in [1.54, 1.807) is 11.4 Å². The summed E-state index contributed by atoms with van der Waals surface area (Å²) >= 11 is 1.44. The van der Waals surface area contributed by atoms with Crippen molar-refractivity contribution in [2.24, 2.45) is 0 Å². The minimum Gasteiger partial charge on any atom is -0.335 e. The fourth-order valence-corrected chi connectivity index (χ4v) is 3.43. The molecule has 24 heavy (non-hydrogen) atoms. The summed E-state index contributed by atoms with van der Waals surface area (Å²) in [5, 5.41) is 7.40. The van der Waals surface area contributed by atoms with Gasteiger partial charge in [-0.05, 0) is 23.6 Å². The van der Waals surface area contributed by atoms with E-state index in [-0.39, 0.29) is 30.6 Å². The van der Waals surface area contributed by atoms with Gasteiger partial charge in [0.25, 0.3) is 11.8 Å². The van der Waals surface area contributed by atoms with Gasteiger partial charge in [-0.1, -0.05) is 23.4 Å². The van der Waals surface area contributed by atoms with Crippen LogP contribution in [-0.4, -0.2) is 34.0 Å². The van der Waals surface area contributed by atoms with Crippen LogP contribution < -0.4 is 0 Å². The normalized spacial score (nSPS) is 20.5. The third-order valence-electron chi connectivity index (χ3n) is 4.12. The van der Waals surface area contributed by atoms with Gasteiger partial charge in [0.05, 0.1) is 12.1 Å². The summed E-state index contributed by atoms with van der Waals surface area (Å²) in [5.41, 5.74) is -0.450. The van der Waals surface area contributed by atoms with Gasteiger partial charge in [-0.15, -0.1) is 0 Å². The zero-order chi connectivity index (χ0) is 16.6. The fraction of sp³-hybridized carbons (Fsp3) is 0.235. The van der Waals surface area contributed by atoms with Crippen molar-refractivity contribution < 1.29 is 13.7 Å². The van der Waals surface area contributed by atoms with Gasteiger partial charge >= 0.3 is 0 Å². The molecule has 0 saturated carbocycles. The molecule has 1 unspecified atom stereocenters. The van der Waals surface area contributed by atoms with Gasteiger partial charge in [0.15, 0.2) is 5.67 Å². The van der Waals surface area contributed by atoms with E-state index < -0.39 is 5.67 Å². The Morgan fingerprint density at radius 2 is 2.12 bits per heavy atom. The van der Waals surface area contributed by atoms with E-state index in [4.69, 9.17) is 4.52 Å². The second kappa shape index (κ2) is 5.83.